The van der Waals surface area contributed by atoms with Crippen LogP contribution in [0.15, 0.2) is 24.3 Å². The Kier molecular flexibility index (Phi) is 4.65. The Bertz CT molecular complexity index is 465. The molecule has 110 valence electrons. The van der Waals surface area contributed by atoms with E-state index in [1.165, 1.54) is 0 Å². The first-order valence-electron chi connectivity index (χ1n) is 7.26. The molecule has 0 radical (unpaired) electrons. The number of rotatable bonds is 6. The zero-order chi connectivity index (χ0) is 14.6. The molecule has 0 aromatic heterocycles. The van der Waals surface area contributed by atoms with Crippen molar-refractivity contribution in [2.45, 2.75) is 57.7 Å². The van der Waals surface area contributed by atoms with Crippen molar-refractivity contribution in [1.82, 2.24) is 5.32 Å². The lowest BCUT2D eigenvalue weighted by atomic mass is 9.97. The fourth-order valence-electron chi connectivity index (χ4n) is 2.73. The Labute approximate surface area is 120 Å². The number of benzene rings is 1. The molecule has 4 nitrogen and oxygen atoms in total. The van der Waals surface area contributed by atoms with Crippen molar-refractivity contribution in [3.63, 3.8) is 0 Å². The van der Waals surface area contributed by atoms with Crippen LogP contribution < -0.4 is 10.1 Å². The largest absolute Gasteiger partial charge is 0.491 e. The molecule has 20 heavy (non-hydrogen) atoms. The highest BCUT2D eigenvalue weighted by Crippen LogP contribution is 2.31. The molecule has 1 aromatic carbocycles. The van der Waals surface area contributed by atoms with E-state index >= 15 is 0 Å². The molecule has 0 spiro atoms. The van der Waals surface area contributed by atoms with Gasteiger partial charge in [-0.15, -0.1) is 0 Å². The monoisotopic (exact) mass is 277 g/mol. The van der Waals surface area contributed by atoms with Crippen LogP contribution in [0.2, 0.25) is 0 Å². The van der Waals surface area contributed by atoms with Gasteiger partial charge in [0.15, 0.2) is 0 Å². The summed E-state index contributed by atoms with van der Waals surface area (Å²) in [6.45, 7) is 4.50. The lowest BCUT2D eigenvalue weighted by Crippen LogP contribution is -2.49. The molecule has 0 aliphatic heterocycles. The fraction of sp³-hybridized carbons (Fsp3) is 0.562. The van der Waals surface area contributed by atoms with Gasteiger partial charge in [-0.2, -0.15) is 0 Å². The van der Waals surface area contributed by atoms with Gasteiger partial charge in [0, 0.05) is 12.1 Å². The minimum Gasteiger partial charge on any atom is -0.491 e. The van der Waals surface area contributed by atoms with Gasteiger partial charge in [-0.05, 0) is 32.8 Å². The van der Waals surface area contributed by atoms with Crippen molar-refractivity contribution >= 4 is 5.97 Å². The number of carbonyl (C=O) groups is 1. The third kappa shape index (κ3) is 3.31. The molecule has 2 rings (SSSR count). The van der Waals surface area contributed by atoms with Gasteiger partial charge in [0.05, 0.1) is 6.10 Å². The summed E-state index contributed by atoms with van der Waals surface area (Å²) in [6.07, 6.45) is 3.47. The Morgan fingerprint density at radius 1 is 1.35 bits per heavy atom. The van der Waals surface area contributed by atoms with E-state index < -0.39 is 11.5 Å². The number of nitrogens with one attached hydrogen (secondary N) is 1. The summed E-state index contributed by atoms with van der Waals surface area (Å²) >= 11 is 0. The first-order chi connectivity index (χ1) is 9.53. The molecule has 0 atom stereocenters. The maximum absolute atomic E-state index is 11.5. The van der Waals surface area contributed by atoms with E-state index in [1.54, 1.807) is 0 Å². The molecule has 1 aliphatic carbocycles. The summed E-state index contributed by atoms with van der Waals surface area (Å²) in [6, 6.07) is 7.80. The molecule has 1 saturated carbocycles. The number of hydrogen-bond donors (Lipinski definition) is 2. The van der Waals surface area contributed by atoms with E-state index in [0.29, 0.717) is 19.4 Å². The van der Waals surface area contributed by atoms with Crippen LogP contribution in [-0.4, -0.2) is 22.7 Å². The Morgan fingerprint density at radius 3 is 2.60 bits per heavy atom. The van der Waals surface area contributed by atoms with Crippen molar-refractivity contribution < 1.29 is 14.6 Å². The summed E-state index contributed by atoms with van der Waals surface area (Å²) in [7, 11) is 0. The maximum atomic E-state index is 11.5. The average Bonchev–Trinajstić information content (AvgIpc) is 2.87. The quantitative estimate of drug-likeness (QED) is 0.839. The highest BCUT2D eigenvalue weighted by Gasteiger charge is 2.40. The SMILES string of the molecule is CC(C)Oc1ccccc1CNC1(C(=O)O)CCCC1. The molecule has 2 N–H and O–H groups in total. The number of hydrogen-bond acceptors (Lipinski definition) is 3. The van der Waals surface area contributed by atoms with Gasteiger partial charge >= 0.3 is 5.97 Å². The third-order valence-electron chi connectivity index (χ3n) is 3.82. The molecular formula is C16H23NO3. The summed E-state index contributed by atoms with van der Waals surface area (Å²) in [5.74, 6) is 0.0887. The van der Waals surface area contributed by atoms with Crippen molar-refractivity contribution in [3.8, 4) is 5.75 Å². The topological polar surface area (TPSA) is 58.6 Å². The highest BCUT2D eigenvalue weighted by atomic mass is 16.5. The van der Waals surface area contributed by atoms with Crippen molar-refractivity contribution in [2.24, 2.45) is 0 Å². The van der Waals surface area contributed by atoms with Crippen LogP contribution in [0, 0.1) is 0 Å². The number of para-hydroxylation sites is 1. The van der Waals surface area contributed by atoms with Gasteiger partial charge < -0.3 is 9.84 Å². The molecule has 4 heteroatoms. The van der Waals surface area contributed by atoms with Gasteiger partial charge in [0.1, 0.15) is 11.3 Å². The smallest absolute Gasteiger partial charge is 0.323 e. The number of aliphatic carboxylic acids is 1. The van der Waals surface area contributed by atoms with Crippen molar-refractivity contribution in [2.75, 3.05) is 0 Å². The van der Waals surface area contributed by atoms with Crippen LogP contribution in [0.5, 0.6) is 5.75 Å². The van der Waals surface area contributed by atoms with Crippen LogP contribution in [-0.2, 0) is 11.3 Å². The van der Waals surface area contributed by atoms with Crippen LogP contribution in [0.1, 0.15) is 45.1 Å². The van der Waals surface area contributed by atoms with E-state index in [9.17, 15) is 9.90 Å². The number of ether oxygens (including phenoxy) is 1. The molecule has 0 heterocycles. The molecule has 0 unspecified atom stereocenters. The van der Waals surface area contributed by atoms with Gasteiger partial charge in [-0.3, -0.25) is 10.1 Å². The maximum Gasteiger partial charge on any atom is 0.323 e. The molecule has 1 aromatic rings. The van der Waals surface area contributed by atoms with E-state index in [-0.39, 0.29) is 6.10 Å². The molecule has 0 bridgehead atoms. The third-order valence-corrected chi connectivity index (χ3v) is 3.82. The average molecular weight is 277 g/mol. The second-order valence-electron chi connectivity index (χ2n) is 5.72. The van der Waals surface area contributed by atoms with Gasteiger partial charge in [0.25, 0.3) is 0 Å². The van der Waals surface area contributed by atoms with Crippen LogP contribution in [0.3, 0.4) is 0 Å². The van der Waals surface area contributed by atoms with Crippen LogP contribution in [0.4, 0.5) is 0 Å². The standard InChI is InChI=1S/C16H23NO3/c1-12(2)20-14-8-4-3-7-13(14)11-17-16(15(18)19)9-5-6-10-16/h3-4,7-8,12,17H,5-6,9-11H2,1-2H3,(H,18,19). The van der Waals surface area contributed by atoms with Gasteiger partial charge in [-0.25, -0.2) is 0 Å². The minimum absolute atomic E-state index is 0.107. The lowest BCUT2D eigenvalue weighted by Gasteiger charge is -2.26. The Hall–Kier alpha value is -1.55. The predicted octanol–water partition coefficient (Wildman–Crippen LogP) is 2.96. The molecule has 1 aliphatic rings. The number of carboxylic acids is 1. The van der Waals surface area contributed by atoms with Crippen LogP contribution in [0.25, 0.3) is 0 Å². The molecule has 0 amide bonds. The van der Waals surface area contributed by atoms with Gasteiger partial charge in [0.2, 0.25) is 0 Å². The summed E-state index contributed by atoms with van der Waals surface area (Å²) in [5.41, 5.74) is 0.249. The molecular weight excluding hydrogens is 254 g/mol. The number of carboxylic acid groups (broad SMARTS) is 1. The first kappa shape index (κ1) is 14.9. The summed E-state index contributed by atoms with van der Waals surface area (Å²) in [5, 5.41) is 12.7. The van der Waals surface area contributed by atoms with E-state index in [0.717, 1.165) is 24.2 Å². The van der Waals surface area contributed by atoms with E-state index in [4.69, 9.17) is 4.74 Å². The molecule has 0 saturated heterocycles. The van der Waals surface area contributed by atoms with Crippen molar-refractivity contribution in [1.29, 1.82) is 0 Å². The summed E-state index contributed by atoms with van der Waals surface area (Å²) in [4.78, 5) is 11.5. The van der Waals surface area contributed by atoms with E-state index in [2.05, 4.69) is 5.32 Å². The van der Waals surface area contributed by atoms with Gasteiger partial charge in [-0.1, -0.05) is 31.0 Å². The fourth-order valence-corrected chi connectivity index (χ4v) is 2.73. The highest BCUT2D eigenvalue weighted by molar-refractivity contribution is 5.79. The second kappa shape index (κ2) is 6.27. The lowest BCUT2D eigenvalue weighted by molar-refractivity contribution is -0.144. The Morgan fingerprint density at radius 2 is 2.00 bits per heavy atom. The Balaban J connectivity index is 2.08. The normalized spacial score (nSPS) is 17.4. The molecule has 1 fully saturated rings. The van der Waals surface area contributed by atoms with E-state index in [1.807, 2.05) is 38.1 Å². The second-order valence-corrected chi connectivity index (χ2v) is 5.72. The predicted molar refractivity (Wildman–Crippen MR) is 77.9 cm³/mol. The summed E-state index contributed by atoms with van der Waals surface area (Å²) < 4.78 is 5.77. The van der Waals surface area contributed by atoms with Crippen molar-refractivity contribution in [3.05, 3.63) is 29.8 Å². The minimum atomic E-state index is -0.759. The zero-order valence-corrected chi connectivity index (χ0v) is 12.2. The zero-order valence-electron chi connectivity index (χ0n) is 12.2. The van der Waals surface area contributed by atoms with Crippen LogP contribution >= 0.6 is 0 Å². The first-order valence-corrected chi connectivity index (χ1v) is 7.26.